The van der Waals surface area contributed by atoms with E-state index in [1.807, 2.05) is 0 Å². The molecule has 5 aliphatic rings. The summed E-state index contributed by atoms with van der Waals surface area (Å²) < 4.78 is 0. The van der Waals surface area contributed by atoms with Crippen LogP contribution in [-0.4, -0.2) is 46.7 Å². The second-order valence-electron chi connectivity index (χ2n) is 20.8. The first-order chi connectivity index (χ1) is 24.8. The lowest BCUT2D eigenvalue weighted by molar-refractivity contribution is -0.246. The molecule has 0 spiro atoms. The molecule has 11 atom stereocenters. The highest BCUT2D eigenvalue weighted by Gasteiger charge is 2.71. The number of aliphatic carboxylic acids is 1. The van der Waals surface area contributed by atoms with E-state index >= 15 is 0 Å². The Morgan fingerprint density at radius 1 is 0.792 bits per heavy atom. The maximum Gasteiger partial charge on any atom is 0.303 e. The fourth-order valence-electron chi connectivity index (χ4n) is 14.3. The van der Waals surface area contributed by atoms with Gasteiger partial charge in [0.2, 0.25) is 11.8 Å². The van der Waals surface area contributed by atoms with Gasteiger partial charge in [0.05, 0.1) is 11.5 Å². The van der Waals surface area contributed by atoms with Crippen molar-refractivity contribution in [2.24, 2.45) is 62.6 Å². The molecule has 5 aliphatic carbocycles. The van der Waals surface area contributed by atoms with E-state index in [1.165, 1.54) is 31.3 Å². The first kappa shape index (κ1) is 42.3. The molecule has 53 heavy (non-hydrogen) atoms. The molecule has 5 rings (SSSR count). The molecule has 7 nitrogen and oxygen atoms in total. The van der Waals surface area contributed by atoms with Gasteiger partial charge in [-0.1, -0.05) is 79.9 Å². The Balaban J connectivity index is 1.15. The van der Waals surface area contributed by atoms with Gasteiger partial charge in [0.1, 0.15) is 0 Å². The van der Waals surface area contributed by atoms with E-state index < -0.39 is 5.97 Å². The van der Waals surface area contributed by atoms with Crippen LogP contribution in [0.5, 0.6) is 0 Å². The number of amides is 2. The van der Waals surface area contributed by atoms with Gasteiger partial charge in [-0.25, -0.2) is 0 Å². The number of nitrogens with one attached hydrogen (secondary N) is 2. The molecule has 302 valence electrons. The van der Waals surface area contributed by atoms with Gasteiger partial charge >= 0.3 is 5.97 Å². The second-order valence-corrected chi connectivity index (χ2v) is 20.8. The largest absolute Gasteiger partial charge is 0.481 e. The fraction of sp³-hybridized carbons (Fsp3) is 0.891. The van der Waals surface area contributed by atoms with Crippen molar-refractivity contribution in [3.05, 3.63) is 12.2 Å². The highest BCUT2D eigenvalue weighted by Crippen LogP contribution is 2.77. The quantitative estimate of drug-likeness (QED) is 0.0930. The van der Waals surface area contributed by atoms with Crippen LogP contribution in [0.2, 0.25) is 0 Å². The van der Waals surface area contributed by atoms with Crippen molar-refractivity contribution in [3.8, 4) is 0 Å². The number of unbranched alkanes of at least 4 members (excludes halogenated alkanes) is 4. The van der Waals surface area contributed by atoms with Crippen LogP contribution in [0.4, 0.5) is 0 Å². The smallest absolute Gasteiger partial charge is 0.303 e. The summed E-state index contributed by atoms with van der Waals surface area (Å²) in [5.41, 5.74) is 1.62. The average molecular weight is 739 g/mol. The number of carbonyl (C=O) groups excluding carboxylic acids is 2. The molecule has 0 radical (unpaired) electrons. The van der Waals surface area contributed by atoms with Crippen LogP contribution < -0.4 is 10.6 Å². The molecule has 7 heteroatoms. The van der Waals surface area contributed by atoms with Gasteiger partial charge < -0.3 is 20.8 Å². The average Bonchev–Trinajstić information content (AvgIpc) is 3.48. The molecule has 0 aromatic heterocycles. The molecule has 0 heterocycles. The van der Waals surface area contributed by atoms with Gasteiger partial charge in [-0.3, -0.25) is 14.4 Å². The molecule has 2 amide bonds. The lowest BCUT2D eigenvalue weighted by Crippen LogP contribution is -2.67. The van der Waals surface area contributed by atoms with Crippen LogP contribution in [0.3, 0.4) is 0 Å². The maximum absolute atomic E-state index is 14.5. The Bertz CT molecular complexity index is 1340. The summed E-state index contributed by atoms with van der Waals surface area (Å²) in [5, 5.41) is 26.7. The van der Waals surface area contributed by atoms with Crippen LogP contribution in [-0.2, 0) is 14.4 Å². The zero-order chi connectivity index (χ0) is 39.0. The Labute approximate surface area is 323 Å². The highest BCUT2D eigenvalue weighted by atomic mass is 16.4. The van der Waals surface area contributed by atoms with Crippen molar-refractivity contribution in [1.29, 1.82) is 0 Å². The van der Waals surface area contributed by atoms with E-state index in [2.05, 4.69) is 72.6 Å². The Morgan fingerprint density at radius 3 is 2.17 bits per heavy atom. The van der Waals surface area contributed by atoms with Gasteiger partial charge in [-0.05, 0) is 154 Å². The third-order valence-electron chi connectivity index (χ3n) is 17.2. The number of aliphatic hydroxyl groups is 1. The number of carboxylic acids is 1. The van der Waals surface area contributed by atoms with Crippen LogP contribution in [0.1, 0.15) is 177 Å². The number of aliphatic hydroxyl groups excluding tert-OH is 1. The lowest BCUT2D eigenvalue weighted by Gasteiger charge is -2.72. The van der Waals surface area contributed by atoms with Gasteiger partial charge in [0, 0.05) is 25.4 Å². The molecule has 5 fully saturated rings. The zero-order valence-electron chi connectivity index (χ0n) is 35.1. The monoisotopic (exact) mass is 739 g/mol. The summed E-state index contributed by atoms with van der Waals surface area (Å²) in [6, 6.07) is -0.0775. The highest BCUT2D eigenvalue weighted by molar-refractivity contribution is 5.84. The summed E-state index contributed by atoms with van der Waals surface area (Å²) in [7, 11) is 0. The molecule has 5 saturated carbocycles. The number of hydrogen-bond donors (Lipinski definition) is 4. The standard InChI is InChI=1S/C46H78N2O5/c1-30(2)29-32(16-19-39(51)52)48-38(50)15-13-11-10-12-14-28-47-41(53)46-25-20-33(31(3)4)40(46)34-17-18-36-43(7)23-22-37(49)42(5,6)35(43)21-24-45(36,9)44(34,8)26-27-46/h30,32-37,40,49H,3,10-29H2,1-2,4-9H3,(H,47,53)(H,48,50)(H,51,52)/t32-,33+,34-,35+,36-,37+,40-,43+,44-,45-,46+/m1/s1. The molecule has 4 N–H and O–H groups in total. The fourth-order valence-corrected chi connectivity index (χ4v) is 14.3. The number of hydrogen-bond acceptors (Lipinski definition) is 4. The minimum atomic E-state index is -0.820. The van der Waals surface area contributed by atoms with E-state index in [0.29, 0.717) is 54.3 Å². The Morgan fingerprint density at radius 2 is 1.49 bits per heavy atom. The summed E-state index contributed by atoms with van der Waals surface area (Å²) in [6.07, 6.45) is 17.6. The maximum atomic E-state index is 14.5. The van der Waals surface area contributed by atoms with Crippen LogP contribution in [0, 0.1) is 62.6 Å². The lowest BCUT2D eigenvalue weighted by atomic mass is 9.32. The molecule has 0 aliphatic heterocycles. The van der Waals surface area contributed by atoms with Crippen molar-refractivity contribution in [3.63, 3.8) is 0 Å². The van der Waals surface area contributed by atoms with Crippen molar-refractivity contribution >= 4 is 17.8 Å². The van der Waals surface area contributed by atoms with Gasteiger partial charge in [0.15, 0.2) is 0 Å². The van der Waals surface area contributed by atoms with Crippen LogP contribution in [0.25, 0.3) is 0 Å². The number of carboxylic acid groups (broad SMARTS) is 1. The third-order valence-corrected chi connectivity index (χ3v) is 17.2. The number of rotatable bonds is 16. The number of carbonyl (C=O) groups is 3. The first-order valence-electron chi connectivity index (χ1n) is 22.0. The predicted molar refractivity (Wildman–Crippen MR) is 214 cm³/mol. The molecular formula is C46H78N2O5. The van der Waals surface area contributed by atoms with E-state index in [9.17, 15) is 19.5 Å². The molecule has 0 unspecified atom stereocenters. The summed E-state index contributed by atoms with van der Waals surface area (Å²) in [5.74, 6) is 2.43. The normalized spacial score (nSPS) is 39.2. The van der Waals surface area contributed by atoms with E-state index in [4.69, 9.17) is 5.11 Å². The van der Waals surface area contributed by atoms with E-state index in [0.717, 1.165) is 83.6 Å². The molecule has 0 aromatic rings. The zero-order valence-corrected chi connectivity index (χ0v) is 35.1. The number of allylic oxidation sites excluding steroid dienone is 1. The summed E-state index contributed by atoms with van der Waals surface area (Å²) in [6.45, 7) is 24.2. The predicted octanol–water partition coefficient (Wildman–Crippen LogP) is 9.86. The Hall–Kier alpha value is -1.89. The topological polar surface area (TPSA) is 116 Å². The molecule has 0 aromatic carbocycles. The number of fused-ring (bicyclic) bond motifs is 7. The van der Waals surface area contributed by atoms with Crippen molar-refractivity contribution in [2.75, 3.05) is 6.54 Å². The molecule has 0 saturated heterocycles. The SMILES string of the molecule is C=C(C)[C@@H]1CC[C@]2(C(=O)NCCCCCCCC(=O)N[C@H](CCC(=O)O)CC(C)C)CC[C@]3(C)[C@H](CC[C@@H]4[C@@]5(C)CC[C@H](O)C(C)(C)[C@@H]5CC[C@]43C)[C@@H]12. The van der Waals surface area contributed by atoms with E-state index in [-0.39, 0.29) is 51.5 Å². The van der Waals surface area contributed by atoms with Crippen molar-refractivity contribution in [1.82, 2.24) is 10.6 Å². The minimum absolute atomic E-state index is 0.0254. The molecule has 0 bridgehead atoms. The Kier molecular flexibility index (Phi) is 13.0. The third kappa shape index (κ3) is 7.91. The molecular weight excluding hydrogens is 661 g/mol. The van der Waals surface area contributed by atoms with Crippen molar-refractivity contribution < 1.29 is 24.6 Å². The van der Waals surface area contributed by atoms with Crippen LogP contribution in [0.15, 0.2) is 12.2 Å². The second kappa shape index (κ2) is 16.3. The van der Waals surface area contributed by atoms with Gasteiger partial charge in [0.25, 0.3) is 0 Å². The minimum Gasteiger partial charge on any atom is -0.481 e. The summed E-state index contributed by atoms with van der Waals surface area (Å²) in [4.78, 5) is 38.1. The van der Waals surface area contributed by atoms with Gasteiger partial charge in [-0.15, -0.1) is 0 Å². The van der Waals surface area contributed by atoms with Gasteiger partial charge in [-0.2, -0.15) is 0 Å². The van der Waals surface area contributed by atoms with Crippen LogP contribution >= 0.6 is 0 Å². The first-order valence-corrected chi connectivity index (χ1v) is 22.0. The summed E-state index contributed by atoms with van der Waals surface area (Å²) >= 11 is 0. The van der Waals surface area contributed by atoms with E-state index in [1.54, 1.807) is 0 Å². The van der Waals surface area contributed by atoms with Crippen molar-refractivity contribution in [2.45, 2.75) is 190 Å².